The van der Waals surface area contributed by atoms with Crippen molar-refractivity contribution in [2.24, 2.45) is 0 Å². The van der Waals surface area contributed by atoms with E-state index in [2.05, 4.69) is 5.32 Å². The highest BCUT2D eigenvalue weighted by atomic mass is 35.5. The Hall–Kier alpha value is -2.31. The van der Waals surface area contributed by atoms with Crippen molar-refractivity contribution in [3.05, 3.63) is 63.9 Å². The van der Waals surface area contributed by atoms with Crippen LogP contribution in [0.25, 0.3) is 0 Å². The van der Waals surface area contributed by atoms with Gasteiger partial charge in [0.1, 0.15) is 17.6 Å². The molecule has 0 radical (unpaired) electrons. The van der Waals surface area contributed by atoms with E-state index in [-0.39, 0.29) is 36.8 Å². The number of hydrogen-bond acceptors (Lipinski definition) is 3. The van der Waals surface area contributed by atoms with Crippen molar-refractivity contribution < 1.29 is 18.7 Å². The highest BCUT2D eigenvalue weighted by Crippen LogP contribution is 2.27. The fourth-order valence-corrected chi connectivity index (χ4v) is 4.22. The summed E-state index contributed by atoms with van der Waals surface area (Å²) in [4.78, 5) is 27.4. The lowest BCUT2D eigenvalue weighted by molar-refractivity contribution is -0.142. The van der Waals surface area contributed by atoms with Crippen LogP contribution in [-0.2, 0) is 16.1 Å². The molecule has 0 unspecified atom stereocenters. The molecule has 2 aromatic rings. The molecule has 32 heavy (non-hydrogen) atoms. The van der Waals surface area contributed by atoms with E-state index in [4.69, 9.17) is 27.9 Å². The Morgan fingerprint density at radius 2 is 1.81 bits per heavy atom. The molecule has 1 aliphatic carbocycles. The molecular weight excluding hydrogens is 454 g/mol. The molecule has 0 aromatic heterocycles. The van der Waals surface area contributed by atoms with Crippen LogP contribution in [0.3, 0.4) is 0 Å². The molecule has 0 spiro atoms. The van der Waals surface area contributed by atoms with Gasteiger partial charge in [0, 0.05) is 17.6 Å². The summed E-state index contributed by atoms with van der Waals surface area (Å²) >= 11 is 12.0. The van der Waals surface area contributed by atoms with Crippen molar-refractivity contribution in [1.82, 2.24) is 10.2 Å². The van der Waals surface area contributed by atoms with Gasteiger partial charge in [0.15, 0.2) is 6.61 Å². The maximum Gasteiger partial charge on any atom is 0.261 e. The third-order valence-corrected chi connectivity index (χ3v) is 6.16. The van der Waals surface area contributed by atoms with Crippen LogP contribution in [0.15, 0.2) is 42.5 Å². The first-order valence-corrected chi connectivity index (χ1v) is 11.5. The van der Waals surface area contributed by atoms with Gasteiger partial charge in [-0.25, -0.2) is 4.39 Å². The summed E-state index contributed by atoms with van der Waals surface area (Å²) < 4.78 is 18.9. The molecule has 0 saturated heterocycles. The third kappa shape index (κ3) is 6.84. The second kappa shape index (κ2) is 11.5. The van der Waals surface area contributed by atoms with Gasteiger partial charge < -0.3 is 15.0 Å². The average Bonchev–Trinajstić information content (AvgIpc) is 2.78. The maximum absolute atomic E-state index is 13.3. The van der Waals surface area contributed by atoms with Crippen molar-refractivity contribution in [2.45, 2.75) is 57.7 Å². The number of carbonyl (C=O) groups excluding carboxylic acids is 2. The lowest BCUT2D eigenvalue weighted by Gasteiger charge is -2.31. The largest absolute Gasteiger partial charge is 0.482 e. The van der Waals surface area contributed by atoms with Crippen LogP contribution >= 0.6 is 23.2 Å². The van der Waals surface area contributed by atoms with Crippen LogP contribution in [0.5, 0.6) is 5.75 Å². The normalized spacial score (nSPS) is 15.1. The second-order valence-electron chi connectivity index (χ2n) is 8.03. The molecule has 5 nitrogen and oxygen atoms in total. The second-order valence-corrected chi connectivity index (χ2v) is 8.87. The minimum atomic E-state index is -0.723. The Morgan fingerprint density at radius 1 is 1.12 bits per heavy atom. The molecule has 2 amide bonds. The van der Waals surface area contributed by atoms with Crippen molar-refractivity contribution in [3.63, 3.8) is 0 Å². The number of ether oxygens (including phenoxy) is 1. The third-order valence-electron chi connectivity index (χ3n) is 5.63. The lowest BCUT2D eigenvalue weighted by Crippen LogP contribution is -2.51. The number of halogens is 3. The first-order chi connectivity index (χ1) is 15.3. The Labute approximate surface area is 197 Å². The van der Waals surface area contributed by atoms with E-state index >= 15 is 0 Å². The fourth-order valence-electron chi connectivity index (χ4n) is 3.75. The molecule has 2 aromatic carbocycles. The summed E-state index contributed by atoms with van der Waals surface area (Å²) in [5.74, 6) is -0.635. The topological polar surface area (TPSA) is 58.6 Å². The quantitative estimate of drug-likeness (QED) is 0.551. The number of nitrogens with zero attached hydrogens (tertiary/aromatic N) is 1. The van der Waals surface area contributed by atoms with Gasteiger partial charge in [-0.05, 0) is 55.7 Å². The van der Waals surface area contributed by atoms with Crippen molar-refractivity contribution in [1.29, 1.82) is 0 Å². The smallest absolute Gasteiger partial charge is 0.261 e. The van der Waals surface area contributed by atoms with Crippen LogP contribution < -0.4 is 10.1 Å². The number of benzene rings is 2. The highest BCUT2D eigenvalue weighted by Gasteiger charge is 2.28. The summed E-state index contributed by atoms with van der Waals surface area (Å²) in [6.45, 7) is 1.54. The van der Waals surface area contributed by atoms with E-state index in [0.717, 1.165) is 25.7 Å². The minimum Gasteiger partial charge on any atom is -0.482 e. The zero-order valence-corrected chi connectivity index (χ0v) is 19.5. The Kier molecular flexibility index (Phi) is 8.76. The molecule has 8 heteroatoms. The van der Waals surface area contributed by atoms with E-state index in [1.165, 1.54) is 29.5 Å². The fraction of sp³-hybridized carbons (Fsp3) is 0.417. The molecule has 3 rings (SSSR count). The first kappa shape index (κ1) is 24.3. The summed E-state index contributed by atoms with van der Waals surface area (Å²) in [6.07, 6.45) is 5.26. The van der Waals surface area contributed by atoms with Crippen molar-refractivity contribution >= 4 is 35.0 Å². The summed E-state index contributed by atoms with van der Waals surface area (Å²) in [6, 6.07) is 9.98. The van der Waals surface area contributed by atoms with Crippen LogP contribution in [0, 0.1) is 5.82 Å². The molecule has 0 aliphatic heterocycles. The predicted octanol–water partition coefficient (Wildman–Crippen LogP) is 5.38. The maximum atomic E-state index is 13.3. The number of hydrogen-bond donors (Lipinski definition) is 1. The first-order valence-electron chi connectivity index (χ1n) is 10.8. The predicted molar refractivity (Wildman–Crippen MR) is 123 cm³/mol. The van der Waals surface area contributed by atoms with Gasteiger partial charge in [-0.2, -0.15) is 0 Å². The molecule has 0 bridgehead atoms. The van der Waals surface area contributed by atoms with Gasteiger partial charge in [-0.15, -0.1) is 0 Å². The zero-order chi connectivity index (χ0) is 23.1. The molecule has 1 fully saturated rings. The van der Waals surface area contributed by atoms with Crippen LogP contribution in [0.2, 0.25) is 10.0 Å². The summed E-state index contributed by atoms with van der Waals surface area (Å²) in [7, 11) is 0. The zero-order valence-electron chi connectivity index (χ0n) is 18.0. The van der Waals surface area contributed by atoms with Crippen LogP contribution in [0.1, 0.15) is 44.6 Å². The van der Waals surface area contributed by atoms with E-state index in [1.807, 2.05) is 0 Å². The average molecular weight is 481 g/mol. The molecule has 0 heterocycles. The van der Waals surface area contributed by atoms with Gasteiger partial charge >= 0.3 is 0 Å². The van der Waals surface area contributed by atoms with E-state index in [0.29, 0.717) is 21.4 Å². The van der Waals surface area contributed by atoms with Crippen molar-refractivity contribution in [3.8, 4) is 5.75 Å². The van der Waals surface area contributed by atoms with Crippen molar-refractivity contribution in [2.75, 3.05) is 6.61 Å². The van der Waals surface area contributed by atoms with Crippen LogP contribution in [0.4, 0.5) is 4.39 Å². The van der Waals surface area contributed by atoms with Gasteiger partial charge in [0.05, 0.1) is 5.02 Å². The molecular formula is C24H27Cl2FN2O3. The Balaban J connectivity index is 1.71. The standard InChI is InChI=1S/C24H27Cl2FN2O3/c1-16(24(31)28-20-5-3-2-4-6-20)29(14-17-7-10-19(27)11-8-17)23(30)15-32-22-12-9-18(25)13-21(22)26/h7-13,16,20H,2-6,14-15H2,1H3,(H,28,31)/t16-/m1/s1. The SMILES string of the molecule is C[C@H](C(=O)NC1CCCCC1)N(Cc1ccc(F)cc1)C(=O)COc1ccc(Cl)cc1Cl. The Bertz CT molecular complexity index is 933. The van der Waals surface area contributed by atoms with Gasteiger partial charge in [0.25, 0.3) is 5.91 Å². The minimum absolute atomic E-state index is 0.130. The molecule has 1 atom stereocenters. The van der Waals surface area contributed by atoms with E-state index in [1.54, 1.807) is 31.2 Å². The highest BCUT2D eigenvalue weighted by molar-refractivity contribution is 6.35. The number of amides is 2. The van der Waals surface area contributed by atoms with E-state index < -0.39 is 6.04 Å². The van der Waals surface area contributed by atoms with Gasteiger partial charge in [-0.3, -0.25) is 9.59 Å². The number of carbonyl (C=O) groups is 2. The van der Waals surface area contributed by atoms with Gasteiger partial charge in [0.2, 0.25) is 5.91 Å². The Morgan fingerprint density at radius 3 is 2.47 bits per heavy atom. The molecule has 1 saturated carbocycles. The molecule has 1 N–H and O–H groups in total. The number of nitrogens with one attached hydrogen (secondary N) is 1. The van der Waals surface area contributed by atoms with Crippen LogP contribution in [-0.4, -0.2) is 35.4 Å². The van der Waals surface area contributed by atoms with E-state index in [9.17, 15) is 14.0 Å². The molecule has 172 valence electrons. The number of rotatable bonds is 8. The molecule has 1 aliphatic rings. The van der Waals surface area contributed by atoms with Gasteiger partial charge in [-0.1, -0.05) is 54.6 Å². The summed E-state index contributed by atoms with van der Waals surface area (Å²) in [5.41, 5.74) is 0.710. The lowest BCUT2D eigenvalue weighted by atomic mass is 9.95. The summed E-state index contributed by atoms with van der Waals surface area (Å²) in [5, 5.41) is 3.82. The monoisotopic (exact) mass is 480 g/mol.